The molecule has 0 radical (unpaired) electrons. The van der Waals surface area contributed by atoms with Crippen LogP contribution in [0.15, 0.2) is 30.3 Å². The zero-order valence-electron chi connectivity index (χ0n) is 12.1. The zero-order chi connectivity index (χ0) is 14.1. The fraction of sp³-hybridized carbons (Fsp3) is 0.562. The first kappa shape index (κ1) is 16.3. The predicted molar refractivity (Wildman–Crippen MR) is 82.3 cm³/mol. The Hall–Kier alpha value is -0.800. The molecule has 0 aliphatic carbocycles. The zero-order valence-corrected chi connectivity index (χ0v) is 13.0. The van der Waals surface area contributed by atoms with Gasteiger partial charge in [-0.25, -0.2) is 0 Å². The van der Waals surface area contributed by atoms with Gasteiger partial charge in [0.15, 0.2) is 5.12 Å². The third-order valence-corrected chi connectivity index (χ3v) is 4.25. The summed E-state index contributed by atoms with van der Waals surface area (Å²) in [5.41, 5.74) is 1.42. The van der Waals surface area contributed by atoms with E-state index in [0.29, 0.717) is 6.61 Å². The van der Waals surface area contributed by atoms with Crippen LogP contribution in [0, 0.1) is 5.41 Å². The van der Waals surface area contributed by atoms with Gasteiger partial charge in [-0.3, -0.25) is 4.79 Å². The van der Waals surface area contributed by atoms with Gasteiger partial charge in [-0.05, 0) is 23.8 Å². The van der Waals surface area contributed by atoms with Crippen molar-refractivity contribution in [2.75, 3.05) is 12.4 Å². The van der Waals surface area contributed by atoms with Crippen molar-refractivity contribution in [2.45, 2.75) is 40.2 Å². The van der Waals surface area contributed by atoms with Crippen LogP contribution in [0.2, 0.25) is 0 Å². The van der Waals surface area contributed by atoms with Crippen LogP contribution < -0.4 is 0 Å². The lowest BCUT2D eigenvalue weighted by Crippen LogP contribution is -2.16. The van der Waals surface area contributed by atoms with Gasteiger partial charge in [-0.2, -0.15) is 0 Å². The Morgan fingerprint density at radius 1 is 1.26 bits per heavy atom. The minimum absolute atomic E-state index is 0.201. The molecule has 0 saturated heterocycles. The molecule has 0 saturated carbocycles. The summed E-state index contributed by atoms with van der Waals surface area (Å²) in [5.74, 6) is 0.890. The van der Waals surface area contributed by atoms with Gasteiger partial charge in [-0.1, -0.05) is 55.9 Å². The van der Waals surface area contributed by atoms with E-state index in [4.69, 9.17) is 4.74 Å². The lowest BCUT2D eigenvalue weighted by atomic mass is 9.90. The molecule has 2 nitrogen and oxygen atoms in total. The SMILES string of the molecule is CC(=O)SCC(C)(C)CCCOCc1ccccc1. The number of thioether (sulfide) groups is 1. The second-order valence-electron chi connectivity index (χ2n) is 5.59. The molecular weight excluding hydrogens is 256 g/mol. The highest BCUT2D eigenvalue weighted by Crippen LogP contribution is 2.27. The van der Waals surface area contributed by atoms with Gasteiger partial charge in [0.05, 0.1) is 6.61 Å². The monoisotopic (exact) mass is 280 g/mol. The molecule has 3 heteroatoms. The average molecular weight is 280 g/mol. The number of hydrogen-bond donors (Lipinski definition) is 0. The third kappa shape index (κ3) is 8.06. The Kier molecular flexibility index (Phi) is 7.17. The number of carbonyl (C=O) groups is 1. The molecule has 106 valence electrons. The summed E-state index contributed by atoms with van der Waals surface area (Å²) in [6, 6.07) is 10.2. The first-order valence-corrected chi connectivity index (χ1v) is 7.73. The van der Waals surface area contributed by atoms with Crippen molar-refractivity contribution in [3.63, 3.8) is 0 Å². The van der Waals surface area contributed by atoms with E-state index in [2.05, 4.69) is 26.0 Å². The van der Waals surface area contributed by atoms with Crippen LogP contribution in [0.1, 0.15) is 39.2 Å². The summed E-state index contributed by atoms with van der Waals surface area (Å²) >= 11 is 1.42. The first-order valence-electron chi connectivity index (χ1n) is 6.75. The normalized spacial score (nSPS) is 11.5. The topological polar surface area (TPSA) is 26.3 Å². The van der Waals surface area contributed by atoms with E-state index in [1.807, 2.05) is 18.2 Å². The Morgan fingerprint density at radius 2 is 1.95 bits per heavy atom. The fourth-order valence-corrected chi connectivity index (χ4v) is 2.52. The highest BCUT2D eigenvalue weighted by molar-refractivity contribution is 8.13. The largest absolute Gasteiger partial charge is 0.377 e. The van der Waals surface area contributed by atoms with Gasteiger partial charge in [0.1, 0.15) is 0 Å². The van der Waals surface area contributed by atoms with Crippen LogP contribution in [0.3, 0.4) is 0 Å². The van der Waals surface area contributed by atoms with E-state index in [-0.39, 0.29) is 10.5 Å². The molecule has 1 aromatic rings. The molecule has 0 heterocycles. The minimum Gasteiger partial charge on any atom is -0.377 e. The van der Waals surface area contributed by atoms with Crippen molar-refractivity contribution < 1.29 is 9.53 Å². The molecule has 0 spiro atoms. The maximum absolute atomic E-state index is 11.0. The summed E-state index contributed by atoms with van der Waals surface area (Å²) in [5, 5.41) is 0.202. The van der Waals surface area contributed by atoms with Gasteiger partial charge in [0.2, 0.25) is 0 Å². The maximum atomic E-state index is 11.0. The molecule has 1 rings (SSSR count). The highest BCUT2D eigenvalue weighted by atomic mass is 32.2. The Bertz CT molecular complexity index is 374. The van der Waals surface area contributed by atoms with E-state index < -0.39 is 0 Å². The molecule has 0 unspecified atom stereocenters. The van der Waals surface area contributed by atoms with E-state index >= 15 is 0 Å². The molecule has 0 aliphatic rings. The van der Waals surface area contributed by atoms with Gasteiger partial charge in [0, 0.05) is 19.3 Å². The van der Waals surface area contributed by atoms with Gasteiger partial charge < -0.3 is 4.74 Å². The molecule has 0 amide bonds. The van der Waals surface area contributed by atoms with Crippen LogP contribution >= 0.6 is 11.8 Å². The first-order chi connectivity index (χ1) is 8.99. The standard InChI is InChI=1S/C16H24O2S/c1-14(17)19-13-16(2,3)10-7-11-18-12-15-8-5-4-6-9-15/h4-6,8-9H,7,10-13H2,1-3H3. The predicted octanol–water partition coefficient (Wildman–Crippen LogP) is 4.29. The minimum atomic E-state index is 0.201. The highest BCUT2D eigenvalue weighted by Gasteiger charge is 2.18. The fourth-order valence-electron chi connectivity index (χ4n) is 1.79. The second-order valence-corrected chi connectivity index (χ2v) is 6.74. The number of rotatable bonds is 8. The van der Waals surface area contributed by atoms with Crippen LogP contribution in [0.25, 0.3) is 0 Å². The van der Waals surface area contributed by atoms with E-state index in [0.717, 1.165) is 25.2 Å². The number of hydrogen-bond acceptors (Lipinski definition) is 3. The Labute approximate surface area is 120 Å². The molecular formula is C16H24O2S. The van der Waals surface area contributed by atoms with Gasteiger partial charge in [0.25, 0.3) is 0 Å². The van der Waals surface area contributed by atoms with E-state index in [1.165, 1.54) is 17.3 Å². The quantitative estimate of drug-likeness (QED) is 0.664. The second kappa shape index (κ2) is 8.39. The van der Waals surface area contributed by atoms with Crippen LogP contribution in [0.5, 0.6) is 0 Å². The molecule has 0 fully saturated rings. The summed E-state index contributed by atoms with van der Waals surface area (Å²) in [6.07, 6.45) is 2.13. The molecule has 0 N–H and O–H groups in total. The van der Waals surface area contributed by atoms with Gasteiger partial charge in [-0.15, -0.1) is 0 Å². The van der Waals surface area contributed by atoms with Crippen molar-refractivity contribution in [3.05, 3.63) is 35.9 Å². The Morgan fingerprint density at radius 3 is 2.58 bits per heavy atom. The molecule has 0 atom stereocenters. The number of carbonyl (C=O) groups excluding carboxylic acids is 1. The molecule has 0 aliphatic heterocycles. The Balaban J connectivity index is 2.11. The molecule has 0 aromatic heterocycles. The molecule has 19 heavy (non-hydrogen) atoms. The third-order valence-electron chi connectivity index (χ3n) is 2.92. The van der Waals surface area contributed by atoms with Crippen molar-refractivity contribution >= 4 is 16.9 Å². The van der Waals surface area contributed by atoms with Crippen LogP contribution in [0.4, 0.5) is 0 Å². The number of benzene rings is 1. The van der Waals surface area contributed by atoms with Crippen LogP contribution in [-0.2, 0) is 16.1 Å². The van der Waals surface area contributed by atoms with E-state index in [1.54, 1.807) is 6.92 Å². The molecule has 0 bridgehead atoms. The van der Waals surface area contributed by atoms with Crippen LogP contribution in [-0.4, -0.2) is 17.5 Å². The summed E-state index contributed by atoms with van der Waals surface area (Å²) in [7, 11) is 0. The lowest BCUT2D eigenvalue weighted by molar-refractivity contribution is -0.109. The van der Waals surface area contributed by atoms with Crippen molar-refractivity contribution in [1.29, 1.82) is 0 Å². The van der Waals surface area contributed by atoms with Crippen molar-refractivity contribution in [3.8, 4) is 0 Å². The van der Waals surface area contributed by atoms with E-state index in [9.17, 15) is 4.79 Å². The van der Waals surface area contributed by atoms with Gasteiger partial charge >= 0.3 is 0 Å². The number of ether oxygens (including phenoxy) is 1. The summed E-state index contributed by atoms with van der Waals surface area (Å²) in [6.45, 7) is 7.51. The lowest BCUT2D eigenvalue weighted by Gasteiger charge is -2.23. The average Bonchev–Trinajstić information content (AvgIpc) is 2.37. The van der Waals surface area contributed by atoms with Crippen molar-refractivity contribution in [2.24, 2.45) is 5.41 Å². The maximum Gasteiger partial charge on any atom is 0.185 e. The molecule has 1 aromatic carbocycles. The smallest absolute Gasteiger partial charge is 0.185 e. The summed E-state index contributed by atoms with van der Waals surface area (Å²) < 4.78 is 5.67. The summed E-state index contributed by atoms with van der Waals surface area (Å²) in [4.78, 5) is 11.0. The van der Waals surface area contributed by atoms with Crippen molar-refractivity contribution in [1.82, 2.24) is 0 Å².